The molecule has 648 valence electrons. The molecule has 7 heterocycles. The van der Waals surface area contributed by atoms with E-state index in [9.17, 15) is 123 Å². The van der Waals surface area contributed by atoms with Crippen molar-refractivity contribution in [2.75, 3.05) is 52.9 Å². The van der Waals surface area contributed by atoms with Gasteiger partial charge in [-0.25, -0.2) is 0 Å². The fraction of sp³-hybridized carbons (Fsp3) is 0.959. The highest BCUT2D eigenvalue weighted by molar-refractivity contribution is 5.88. The molecule has 0 aromatic carbocycles. The molecular formula is C73H122O39. The molecule has 24 N–H and O–H groups in total. The standard InChI is InChI=1S/C73H122O39/c1-26(9-14-41(69(3,4)98)110-65-57(95)52(90)47(85)36(108-65)23-101-64-56(94)51(89)46(84)35(107-64)22-99-62-43(81)27(2)42(80)31(18-74)103-62)28-15-16-71(6)38-12-10-29-30(73(38,8)40(79)17-72(28,71)7)11-13-39(78)70(29,5)25-102-68-61(53(91)48(86)37(109-68)24-100-63-55(93)49(87)44(82)32(19-75)104-63)112-67-59(97)54(92)60(34(21-77)106-67)111-66-58(96)50(88)45(83)33(20-76)105-66/h10,26-28,30-39,41-68,74-78,80-98H,9,11-25H2,1-8H3. The lowest BCUT2D eigenvalue weighted by Crippen LogP contribution is -2.67. The fourth-order valence-electron chi connectivity index (χ4n) is 19.7. The van der Waals surface area contributed by atoms with Crippen LogP contribution < -0.4 is 0 Å². The zero-order valence-corrected chi connectivity index (χ0v) is 63.9. The number of carbonyl (C=O) groups is 1. The van der Waals surface area contributed by atoms with Gasteiger partial charge in [-0.3, -0.25) is 4.79 Å². The van der Waals surface area contributed by atoms with E-state index in [4.69, 9.17) is 66.3 Å². The first kappa shape index (κ1) is 90.7. The fourth-order valence-corrected chi connectivity index (χ4v) is 19.7. The lowest BCUT2D eigenvalue weighted by Gasteiger charge is -2.65. The minimum atomic E-state index is -2.16. The van der Waals surface area contributed by atoms with Gasteiger partial charge in [0.2, 0.25) is 0 Å². The monoisotopic (exact) mass is 1620 g/mol. The number of hydrogen-bond acceptors (Lipinski definition) is 39. The molecule has 112 heavy (non-hydrogen) atoms. The highest BCUT2D eigenvalue weighted by atomic mass is 16.8. The number of fused-ring (bicyclic) bond motifs is 5. The van der Waals surface area contributed by atoms with Gasteiger partial charge < -0.3 is 189 Å². The van der Waals surface area contributed by atoms with Crippen LogP contribution in [-0.2, 0) is 71.1 Å². The molecule has 3 saturated carbocycles. The van der Waals surface area contributed by atoms with Crippen LogP contribution in [0.2, 0.25) is 0 Å². The maximum absolute atomic E-state index is 15.7. The zero-order valence-electron chi connectivity index (χ0n) is 63.9. The Bertz CT molecular complexity index is 3080. The average molecular weight is 1620 g/mol. The number of rotatable bonds is 27. The Morgan fingerprint density at radius 3 is 1.38 bits per heavy atom. The van der Waals surface area contributed by atoms with E-state index >= 15 is 4.79 Å². The van der Waals surface area contributed by atoms with Crippen molar-refractivity contribution in [3.63, 3.8) is 0 Å². The van der Waals surface area contributed by atoms with E-state index in [0.29, 0.717) is 37.7 Å². The number of ketones is 1. The molecule has 0 aromatic heterocycles. The number of aliphatic hydroxyl groups excluding tert-OH is 23. The van der Waals surface area contributed by atoms with Gasteiger partial charge in [0.15, 0.2) is 44.0 Å². The molecule has 11 aliphatic rings. The molecule has 39 heteroatoms. The van der Waals surface area contributed by atoms with Crippen molar-refractivity contribution in [2.24, 2.45) is 51.2 Å². The van der Waals surface area contributed by atoms with E-state index in [-0.39, 0.29) is 42.8 Å². The molecule has 0 aromatic rings. The number of ether oxygens (including phenoxy) is 14. The summed E-state index contributed by atoms with van der Waals surface area (Å²) in [4.78, 5) is 15.7. The van der Waals surface area contributed by atoms with Gasteiger partial charge in [-0.2, -0.15) is 0 Å². The van der Waals surface area contributed by atoms with Crippen molar-refractivity contribution in [1.29, 1.82) is 0 Å². The number of allylic oxidation sites excluding steroid dienone is 1. The van der Waals surface area contributed by atoms with Crippen LogP contribution in [0.3, 0.4) is 0 Å². The molecule has 11 rings (SSSR count). The molecule has 0 spiro atoms. The van der Waals surface area contributed by atoms with Crippen LogP contribution >= 0.6 is 0 Å². The van der Waals surface area contributed by atoms with Crippen LogP contribution in [0.5, 0.6) is 0 Å². The van der Waals surface area contributed by atoms with Gasteiger partial charge in [0.25, 0.3) is 0 Å². The Kier molecular flexibility index (Phi) is 29.1. The van der Waals surface area contributed by atoms with Crippen LogP contribution in [0.4, 0.5) is 0 Å². The normalized spacial score (nSPS) is 52.1. The number of carbonyl (C=O) groups excluding carboxylic acids is 1. The molecule has 45 unspecified atom stereocenters. The van der Waals surface area contributed by atoms with Crippen molar-refractivity contribution in [3.05, 3.63) is 11.6 Å². The molecular weight excluding hydrogens is 1500 g/mol. The number of aliphatic hydroxyl groups is 24. The Morgan fingerprint density at radius 1 is 0.455 bits per heavy atom. The predicted octanol–water partition coefficient (Wildman–Crippen LogP) is -9.30. The summed E-state index contributed by atoms with van der Waals surface area (Å²) >= 11 is 0. The summed E-state index contributed by atoms with van der Waals surface area (Å²) in [5.74, 6) is -1.71. The van der Waals surface area contributed by atoms with Crippen molar-refractivity contribution in [3.8, 4) is 0 Å². The van der Waals surface area contributed by atoms with E-state index < -0.39 is 313 Å². The summed E-state index contributed by atoms with van der Waals surface area (Å²) in [6, 6.07) is 0. The van der Waals surface area contributed by atoms with E-state index in [0.717, 1.165) is 0 Å². The maximum Gasteiger partial charge on any atom is 0.187 e. The third kappa shape index (κ3) is 16.9. The summed E-state index contributed by atoms with van der Waals surface area (Å²) < 4.78 is 82.5. The smallest absolute Gasteiger partial charge is 0.187 e. The van der Waals surface area contributed by atoms with E-state index in [2.05, 4.69) is 20.8 Å². The Labute approximate surface area is 646 Å². The average Bonchev–Trinajstić information content (AvgIpc) is 1.42. The van der Waals surface area contributed by atoms with Crippen LogP contribution in [0.25, 0.3) is 0 Å². The van der Waals surface area contributed by atoms with Crippen LogP contribution in [-0.4, -0.2) is 408 Å². The Balaban J connectivity index is 0.762. The SMILES string of the molecule is CC(CCC(OC1OC(COC2OC(COC3OC(CO)C(O)C(C)C3O)C(O)C(O)C2O)C(O)C(O)C1O)C(C)(C)O)C1CCC2(C)C3CC=C4C(CCC(O)C4(C)COC4OC(COC5OC(CO)C(O)C(O)C5O)C(O)C(O)C4OC4OC(CO)C(OC5OC(CO)C(O)C(O)C5O)C(O)C4O)C3(C)C(=O)CC12C. The van der Waals surface area contributed by atoms with E-state index in [1.807, 2.05) is 13.0 Å². The lowest BCUT2D eigenvalue weighted by molar-refractivity contribution is -0.387. The highest BCUT2D eigenvalue weighted by Gasteiger charge is 2.71. The second-order valence-corrected chi connectivity index (χ2v) is 34.4. The van der Waals surface area contributed by atoms with Gasteiger partial charge in [0, 0.05) is 23.2 Å². The van der Waals surface area contributed by atoms with Gasteiger partial charge in [0.05, 0.1) is 76.8 Å². The molecule has 7 saturated heterocycles. The summed E-state index contributed by atoms with van der Waals surface area (Å²) in [7, 11) is 0. The first-order valence-electron chi connectivity index (χ1n) is 38.9. The Hall–Kier alpha value is -2.11. The first-order chi connectivity index (χ1) is 52.6. The molecule has 10 fully saturated rings. The molecule has 0 bridgehead atoms. The largest absolute Gasteiger partial charge is 0.394 e. The van der Waals surface area contributed by atoms with Crippen molar-refractivity contribution < 1.29 is 194 Å². The number of hydrogen-bond donors (Lipinski definition) is 24. The highest BCUT2D eigenvalue weighted by Crippen LogP contribution is 2.74. The van der Waals surface area contributed by atoms with Crippen LogP contribution in [0.1, 0.15) is 107 Å². The minimum Gasteiger partial charge on any atom is -0.394 e. The molecule has 7 aliphatic heterocycles. The third-order valence-electron chi connectivity index (χ3n) is 27.3. The molecule has 0 amide bonds. The van der Waals surface area contributed by atoms with Gasteiger partial charge >= 0.3 is 0 Å². The summed E-state index contributed by atoms with van der Waals surface area (Å²) in [6.07, 6.45) is -56.7. The van der Waals surface area contributed by atoms with Crippen molar-refractivity contribution >= 4 is 5.78 Å². The van der Waals surface area contributed by atoms with Crippen molar-refractivity contribution in [1.82, 2.24) is 0 Å². The second kappa shape index (κ2) is 35.9. The lowest BCUT2D eigenvalue weighted by atomic mass is 9.38. The quantitative estimate of drug-likeness (QED) is 0.0340. The summed E-state index contributed by atoms with van der Waals surface area (Å²) in [5, 5.41) is 262. The third-order valence-corrected chi connectivity index (χ3v) is 27.3. The zero-order chi connectivity index (χ0) is 82.2. The van der Waals surface area contributed by atoms with E-state index in [1.54, 1.807) is 6.92 Å². The van der Waals surface area contributed by atoms with Crippen LogP contribution in [0, 0.1) is 51.2 Å². The summed E-state index contributed by atoms with van der Waals surface area (Å²) in [6.45, 7) is 8.98. The first-order valence-corrected chi connectivity index (χ1v) is 38.9. The second-order valence-electron chi connectivity index (χ2n) is 34.4. The van der Waals surface area contributed by atoms with Gasteiger partial charge in [-0.05, 0) is 93.3 Å². The van der Waals surface area contributed by atoms with Gasteiger partial charge in [-0.15, -0.1) is 0 Å². The molecule has 4 aliphatic carbocycles. The topological polar surface area (TPSA) is 632 Å². The van der Waals surface area contributed by atoms with Crippen molar-refractivity contribution in [2.45, 2.75) is 333 Å². The van der Waals surface area contributed by atoms with E-state index in [1.165, 1.54) is 20.8 Å². The molecule has 0 radical (unpaired) electrons. The van der Waals surface area contributed by atoms with Crippen LogP contribution in [0.15, 0.2) is 11.6 Å². The molecule has 45 atom stereocenters. The Morgan fingerprint density at radius 2 is 0.866 bits per heavy atom. The molecule has 39 nitrogen and oxygen atoms in total. The number of Topliss-reactive ketones (excluding diaryl/α,β-unsaturated/α-hetero) is 1. The van der Waals surface area contributed by atoms with Gasteiger partial charge in [0.1, 0.15) is 164 Å². The van der Waals surface area contributed by atoms with Gasteiger partial charge in [-0.1, -0.05) is 53.2 Å². The predicted molar refractivity (Wildman–Crippen MR) is 369 cm³/mol. The summed E-state index contributed by atoms with van der Waals surface area (Å²) in [5.41, 5.74) is -4.35. The maximum atomic E-state index is 15.7. The minimum absolute atomic E-state index is 0.00178.